The first-order valence-corrected chi connectivity index (χ1v) is 4.73. The molecule has 2 nitrogen and oxygen atoms in total. The first-order valence-electron chi connectivity index (χ1n) is 4.73. The normalized spacial score (nSPS) is 25.3. The maximum atomic E-state index is 11.2. The predicted octanol–water partition coefficient (Wildman–Crippen LogP) is 2.01. The van der Waals surface area contributed by atoms with Crippen LogP contribution in [-0.4, -0.2) is 11.9 Å². The third-order valence-electron chi connectivity index (χ3n) is 2.27. The Morgan fingerprint density at radius 2 is 2.33 bits per heavy atom. The molecule has 0 spiro atoms. The van der Waals surface area contributed by atoms with Crippen LogP contribution < -0.4 is 5.32 Å². The largest absolute Gasteiger partial charge is 0.353 e. The van der Waals surface area contributed by atoms with Crippen LogP contribution in [0.2, 0.25) is 0 Å². The van der Waals surface area contributed by atoms with Gasteiger partial charge in [-0.3, -0.25) is 4.79 Å². The minimum atomic E-state index is 0.210. The van der Waals surface area contributed by atoms with Crippen molar-refractivity contribution in [3.05, 3.63) is 12.7 Å². The molecule has 1 aliphatic rings. The third kappa shape index (κ3) is 3.07. The summed E-state index contributed by atoms with van der Waals surface area (Å²) >= 11 is 0. The van der Waals surface area contributed by atoms with Gasteiger partial charge in [-0.1, -0.05) is 18.9 Å². The summed E-state index contributed by atoms with van der Waals surface area (Å²) in [6.45, 7) is 3.68. The van der Waals surface area contributed by atoms with Gasteiger partial charge in [-0.15, -0.1) is 6.58 Å². The molecule has 1 N–H and O–H groups in total. The van der Waals surface area contributed by atoms with Crippen molar-refractivity contribution in [2.45, 2.75) is 44.6 Å². The molecule has 1 atom stereocenters. The van der Waals surface area contributed by atoms with Crippen LogP contribution in [0, 0.1) is 0 Å². The molecule has 1 rings (SSSR count). The third-order valence-corrected chi connectivity index (χ3v) is 2.27. The smallest absolute Gasteiger partial charge is 0.220 e. The van der Waals surface area contributed by atoms with E-state index in [4.69, 9.17) is 0 Å². The van der Waals surface area contributed by atoms with E-state index in [0.717, 1.165) is 19.3 Å². The molecule has 1 amide bonds. The fourth-order valence-corrected chi connectivity index (χ4v) is 1.60. The Kier molecular flexibility index (Phi) is 3.85. The fraction of sp³-hybridized carbons (Fsp3) is 0.700. The Morgan fingerprint density at radius 3 is 3.08 bits per heavy atom. The highest BCUT2D eigenvalue weighted by molar-refractivity contribution is 5.76. The van der Waals surface area contributed by atoms with Crippen molar-refractivity contribution >= 4 is 5.91 Å². The Labute approximate surface area is 74.0 Å². The van der Waals surface area contributed by atoms with Gasteiger partial charge in [-0.25, -0.2) is 0 Å². The van der Waals surface area contributed by atoms with Gasteiger partial charge in [0, 0.05) is 12.5 Å². The highest BCUT2D eigenvalue weighted by Gasteiger charge is 2.12. The molecule has 0 aromatic heterocycles. The van der Waals surface area contributed by atoms with Gasteiger partial charge in [-0.2, -0.15) is 0 Å². The summed E-state index contributed by atoms with van der Waals surface area (Å²) in [6.07, 6.45) is 8.08. The zero-order valence-electron chi connectivity index (χ0n) is 7.51. The zero-order valence-corrected chi connectivity index (χ0v) is 7.51. The van der Waals surface area contributed by atoms with E-state index in [2.05, 4.69) is 11.9 Å². The van der Waals surface area contributed by atoms with Gasteiger partial charge < -0.3 is 5.32 Å². The van der Waals surface area contributed by atoms with E-state index in [1.807, 2.05) is 6.08 Å². The Morgan fingerprint density at radius 1 is 1.50 bits per heavy atom. The molecule has 1 aliphatic heterocycles. The minimum absolute atomic E-state index is 0.210. The van der Waals surface area contributed by atoms with Crippen LogP contribution in [-0.2, 0) is 4.79 Å². The molecule has 0 radical (unpaired) electrons. The number of hydrogen-bond donors (Lipinski definition) is 1. The molecule has 2 heteroatoms. The van der Waals surface area contributed by atoms with Gasteiger partial charge in [0.05, 0.1) is 0 Å². The number of carbonyl (C=O) groups excluding carboxylic acids is 1. The molecule has 1 heterocycles. The predicted molar refractivity (Wildman–Crippen MR) is 49.8 cm³/mol. The van der Waals surface area contributed by atoms with Crippen LogP contribution in [0.4, 0.5) is 0 Å². The second kappa shape index (κ2) is 4.96. The van der Waals surface area contributed by atoms with Crippen molar-refractivity contribution in [1.29, 1.82) is 0 Å². The lowest BCUT2D eigenvalue weighted by Gasteiger charge is -2.19. The average molecular weight is 167 g/mol. The maximum Gasteiger partial charge on any atom is 0.220 e. The van der Waals surface area contributed by atoms with Crippen molar-refractivity contribution in [2.75, 3.05) is 0 Å². The van der Waals surface area contributed by atoms with Crippen LogP contribution in [0.25, 0.3) is 0 Å². The molecule has 0 bridgehead atoms. The monoisotopic (exact) mass is 167 g/mol. The van der Waals surface area contributed by atoms with Crippen LogP contribution in [0.5, 0.6) is 0 Å². The van der Waals surface area contributed by atoms with Crippen molar-refractivity contribution < 1.29 is 4.79 Å². The van der Waals surface area contributed by atoms with Crippen molar-refractivity contribution in [2.24, 2.45) is 0 Å². The molecule has 0 aromatic carbocycles. The molecular formula is C10H17NO. The zero-order chi connectivity index (χ0) is 8.81. The quantitative estimate of drug-likeness (QED) is 0.626. The summed E-state index contributed by atoms with van der Waals surface area (Å²) in [7, 11) is 0. The molecule has 12 heavy (non-hydrogen) atoms. The van der Waals surface area contributed by atoms with E-state index in [1.54, 1.807) is 0 Å². The lowest BCUT2D eigenvalue weighted by Crippen LogP contribution is -2.35. The average Bonchev–Trinajstić information content (AvgIpc) is 2.00. The molecule has 1 fully saturated rings. The SMILES string of the molecule is C=CCC1CCCCCC(=O)N1. The van der Waals surface area contributed by atoms with Gasteiger partial charge in [-0.05, 0) is 19.3 Å². The molecule has 1 unspecified atom stereocenters. The summed E-state index contributed by atoms with van der Waals surface area (Å²) in [5, 5.41) is 3.01. The van der Waals surface area contributed by atoms with Crippen molar-refractivity contribution in [3.8, 4) is 0 Å². The van der Waals surface area contributed by atoms with Crippen LogP contribution in [0.1, 0.15) is 38.5 Å². The maximum absolute atomic E-state index is 11.2. The van der Waals surface area contributed by atoms with E-state index in [9.17, 15) is 4.79 Å². The molecular weight excluding hydrogens is 150 g/mol. The second-order valence-corrected chi connectivity index (χ2v) is 3.39. The molecule has 0 saturated carbocycles. The number of rotatable bonds is 2. The number of amides is 1. The number of carbonyl (C=O) groups is 1. The fourth-order valence-electron chi connectivity index (χ4n) is 1.60. The van der Waals surface area contributed by atoms with Gasteiger partial charge in [0.1, 0.15) is 0 Å². The Bertz CT molecular complexity index is 165. The Hall–Kier alpha value is -0.790. The number of nitrogens with one attached hydrogen (secondary N) is 1. The Balaban J connectivity index is 2.37. The first-order chi connectivity index (χ1) is 5.83. The van der Waals surface area contributed by atoms with Gasteiger partial charge in [0.15, 0.2) is 0 Å². The summed E-state index contributed by atoms with van der Waals surface area (Å²) in [4.78, 5) is 11.2. The molecule has 1 saturated heterocycles. The summed E-state index contributed by atoms with van der Waals surface area (Å²) in [5.41, 5.74) is 0. The second-order valence-electron chi connectivity index (χ2n) is 3.39. The lowest BCUT2D eigenvalue weighted by atomic mass is 10.0. The minimum Gasteiger partial charge on any atom is -0.353 e. The van der Waals surface area contributed by atoms with Gasteiger partial charge in [0.25, 0.3) is 0 Å². The van der Waals surface area contributed by atoms with Crippen LogP contribution in [0.3, 0.4) is 0 Å². The van der Waals surface area contributed by atoms with E-state index in [0.29, 0.717) is 12.5 Å². The van der Waals surface area contributed by atoms with E-state index in [1.165, 1.54) is 12.8 Å². The summed E-state index contributed by atoms with van der Waals surface area (Å²) < 4.78 is 0. The van der Waals surface area contributed by atoms with E-state index >= 15 is 0 Å². The van der Waals surface area contributed by atoms with Gasteiger partial charge >= 0.3 is 0 Å². The van der Waals surface area contributed by atoms with Crippen LogP contribution in [0.15, 0.2) is 12.7 Å². The topological polar surface area (TPSA) is 29.1 Å². The number of hydrogen-bond acceptors (Lipinski definition) is 1. The standard InChI is InChI=1S/C10H17NO/c1-2-6-9-7-4-3-5-8-10(12)11-9/h2,9H,1,3-8H2,(H,11,12). The van der Waals surface area contributed by atoms with Gasteiger partial charge in [0.2, 0.25) is 5.91 Å². The van der Waals surface area contributed by atoms with E-state index < -0.39 is 0 Å². The molecule has 0 aromatic rings. The summed E-state index contributed by atoms with van der Waals surface area (Å²) in [5.74, 6) is 0.210. The first kappa shape index (κ1) is 9.30. The molecule has 68 valence electrons. The highest BCUT2D eigenvalue weighted by atomic mass is 16.1. The highest BCUT2D eigenvalue weighted by Crippen LogP contribution is 2.12. The summed E-state index contributed by atoms with van der Waals surface area (Å²) in [6, 6.07) is 0.343. The molecule has 0 aliphatic carbocycles. The van der Waals surface area contributed by atoms with Crippen LogP contribution >= 0.6 is 0 Å². The van der Waals surface area contributed by atoms with Crippen molar-refractivity contribution in [1.82, 2.24) is 5.32 Å². The van der Waals surface area contributed by atoms with Crippen molar-refractivity contribution in [3.63, 3.8) is 0 Å². The van der Waals surface area contributed by atoms with E-state index in [-0.39, 0.29) is 5.91 Å². The lowest BCUT2D eigenvalue weighted by molar-refractivity contribution is -0.122.